The summed E-state index contributed by atoms with van der Waals surface area (Å²) >= 11 is -12.4. The Balaban J connectivity index is 0. The van der Waals surface area contributed by atoms with Crippen LogP contribution in [0.1, 0.15) is 43.0 Å². The van der Waals surface area contributed by atoms with Crippen LogP contribution >= 0.6 is 7.92 Å². The van der Waals surface area contributed by atoms with Crippen LogP contribution in [0.4, 0.5) is 21.4 Å². The van der Waals surface area contributed by atoms with Crippen molar-refractivity contribution in [1.29, 1.82) is 0 Å². The molecule has 25 heavy (non-hydrogen) atoms. The van der Waals surface area contributed by atoms with E-state index in [9.17, 15) is 21.4 Å². The Morgan fingerprint density at radius 2 is 1.16 bits per heavy atom. The molecule has 0 heterocycles. The molecule has 0 amide bonds. The molecule has 0 radical (unpaired) electrons. The molecule has 3 nitrogen and oxygen atoms in total. The fourth-order valence-corrected chi connectivity index (χ4v) is 6.44. The first-order chi connectivity index (χ1) is 10.6. The molecular formula is C14H24F6O3PTi+. The van der Waals surface area contributed by atoms with Crippen LogP contribution in [0.25, 0.3) is 0 Å². The van der Waals surface area contributed by atoms with Crippen LogP contribution in [0.3, 0.4) is 0 Å². The third kappa shape index (κ3) is 8.73. The van der Waals surface area contributed by atoms with Gasteiger partial charge in [0.05, 0.1) is 0 Å². The van der Waals surface area contributed by atoms with Crippen molar-refractivity contribution < 1.29 is 48.8 Å². The topological polar surface area (TPSA) is 35.5 Å². The van der Waals surface area contributed by atoms with Gasteiger partial charge in [0.25, 0.3) is 0 Å². The number of halogens is 6. The summed E-state index contributed by atoms with van der Waals surface area (Å²) in [6.07, 6.45) is 0. The quantitative estimate of drug-likeness (QED) is 0.300. The van der Waals surface area contributed by atoms with Crippen LogP contribution in [0.2, 0.25) is 0 Å². The molecule has 0 unspecified atom stereocenters. The second kappa shape index (κ2) is 5.83. The molecule has 0 saturated carbocycles. The van der Waals surface area contributed by atoms with Gasteiger partial charge >= 0.3 is 48.8 Å². The average molecular weight is 433 g/mol. The van der Waals surface area contributed by atoms with Crippen LogP contribution in [0.5, 0.6) is 0 Å². The first kappa shape index (κ1) is 24.7. The molecule has 0 aliphatic carbocycles. The van der Waals surface area contributed by atoms with Crippen LogP contribution in [-0.2, 0) is 26.0 Å². The van der Waals surface area contributed by atoms with E-state index in [1.807, 2.05) is 0 Å². The van der Waals surface area contributed by atoms with E-state index in [4.69, 9.17) is 3.32 Å². The van der Waals surface area contributed by atoms with Crippen LogP contribution < -0.4 is 5.30 Å². The Bertz CT molecular complexity index is 678. The van der Waals surface area contributed by atoms with E-state index in [1.54, 1.807) is 0 Å². The van der Waals surface area contributed by atoms with Crippen molar-refractivity contribution in [1.82, 2.24) is 0 Å². The van der Waals surface area contributed by atoms with E-state index in [0.29, 0.717) is 17.4 Å². The van der Waals surface area contributed by atoms with Crippen LogP contribution in [-0.4, -0.2) is 10.3 Å². The van der Waals surface area contributed by atoms with Crippen molar-refractivity contribution in [2.24, 2.45) is 0 Å². The van der Waals surface area contributed by atoms with Crippen molar-refractivity contribution in [3.05, 3.63) is 30.3 Å². The Morgan fingerprint density at radius 1 is 0.840 bits per heavy atom. The average Bonchev–Trinajstić information content (AvgIpc) is 2.36. The van der Waals surface area contributed by atoms with Crippen molar-refractivity contribution in [3.8, 4) is 0 Å². The SMILES string of the molecule is CC(C)(C)P(c1ccccc1)C(C)(C)C.[H+].[O]=[Ti]([F])([F])([F])([F])([O]F)[O]F. The summed E-state index contributed by atoms with van der Waals surface area (Å²) in [6.45, 7) is 14.1. The zero-order valence-corrected chi connectivity index (χ0v) is 17.3. The van der Waals surface area contributed by atoms with E-state index in [0.717, 1.165) is 0 Å². The van der Waals surface area contributed by atoms with Gasteiger partial charge in [0, 0.05) is 0 Å². The van der Waals surface area contributed by atoms with Gasteiger partial charge in [-0.15, -0.1) is 0 Å². The van der Waals surface area contributed by atoms with Gasteiger partial charge in [-0.25, -0.2) is 0 Å². The predicted molar refractivity (Wildman–Crippen MR) is 83.1 cm³/mol. The molecule has 11 heteroatoms. The van der Waals surface area contributed by atoms with Crippen molar-refractivity contribution in [2.45, 2.75) is 51.9 Å². The minimum atomic E-state index is -12.4. The van der Waals surface area contributed by atoms with Gasteiger partial charge in [-0.05, 0) is 15.6 Å². The molecule has 1 rings (SSSR count). The summed E-state index contributed by atoms with van der Waals surface area (Å²) in [5, 5.41) is 2.26. The van der Waals surface area contributed by atoms with Crippen molar-refractivity contribution >= 4 is 13.2 Å². The molecule has 0 bridgehead atoms. The summed E-state index contributed by atoms with van der Waals surface area (Å²) in [5.74, 6) is 0. The zero-order chi connectivity index (χ0) is 20.5. The van der Waals surface area contributed by atoms with E-state index < -0.39 is 15.6 Å². The van der Waals surface area contributed by atoms with Gasteiger partial charge in [0.1, 0.15) is 0 Å². The second-order valence-corrected chi connectivity index (χ2v) is 17.1. The summed E-state index contributed by atoms with van der Waals surface area (Å²) in [5.41, 5.74) is 0. The Labute approximate surface area is 144 Å². The molecule has 1 aromatic carbocycles. The Morgan fingerprint density at radius 3 is 1.36 bits per heavy atom. The van der Waals surface area contributed by atoms with Crippen molar-refractivity contribution in [2.75, 3.05) is 0 Å². The Hall–Kier alpha value is -0.336. The molecule has 0 saturated heterocycles. The second-order valence-electron chi connectivity index (χ2n) is 7.77. The van der Waals surface area contributed by atoms with Gasteiger partial charge in [0.2, 0.25) is 0 Å². The monoisotopic (exact) mass is 433 g/mol. The molecule has 148 valence electrons. The number of benzene rings is 1. The summed E-state index contributed by atoms with van der Waals surface area (Å²) in [4.78, 5) is 0. The van der Waals surface area contributed by atoms with Crippen LogP contribution in [0, 0.1) is 0 Å². The van der Waals surface area contributed by atoms with Crippen molar-refractivity contribution in [3.63, 3.8) is 0 Å². The van der Waals surface area contributed by atoms with Gasteiger partial charge in [-0.3, -0.25) is 0 Å². The third-order valence-electron chi connectivity index (χ3n) is 2.72. The summed E-state index contributed by atoms with van der Waals surface area (Å²) < 4.78 is 74.7. The van der Waals surface area contributed by atoms with Gasteiger partial charge in [-0.1, -0.05) is 79.8 Å². The fourth-order valence-electron chi connectivity index (χ4n) is 2.37. The molecular weight excluding hydrogens is 409 g/mol. The molecule has 0 aliphatic rings. The number of hydrogen-bond donors (Lipinski definition) is 0. The van der Waals surface area contributed by atoms with Crippen LogP contribution in [0.15, 0.2) is 30.3 Å². The maximum absolute atomic E-state index is 12.4. The molecule has 1 aromatic rings. The fraction of sp³-hybridized carbons (Fsp3) is 0.571. The molecule has 0 aliphatic heterocycles. The van der Waals surface area contributed by atoms with E-state index in [2.05, 4.69) is 71.9 Å². The zero-order valence-electron chi connectivity index (χ0n) is 15.8. The molecule has 0 atom stereocenters. The molecule has 0 aromatic heterocycles. The molecule has 0 N–H and O–H groups in total. The first-order valence-corrected chi connectivity index (χ1v) is 12.9. The standard InChI is InChI=1S/C14H23P.2FO.4FH.O.Ti/c1-13(2,3)15(14(4,5)6)12-10-8-7-9-11-12;2*1-2;;;;;;/h7-11H,1-6H3;;;4*1H;;/q;2*-1;;;;;;+6/p-3. The first-order valence-electron chi connectivity index (χ1n) is 7.26. The van der Waals surface area contributed by atoms with Gasteiger partial charge in [-0.2, -0.15) is 0 Å². The predicted octanol–water partition coefficient (Wildman–Crippen LogP) is 6.77. The number of hydrogen-bond acceptors (Lipinski definition) is 3. The van der Waals surface area contributed by atoms with E-state index in [1.165, 1.54) is 5.30 Å². The van der Waals surface area contributed by atoms with E-state index in [-0.39, 0.29) is 9.35 Å². The summed E-state index contributed by atoms with van der Waals surface area (Å²) in [6, 6.07) is 11.0. The minimum absolute atomic E-state index is 0. The molecule has 0 fully saturated rings. The third-order valence-corrected chi connectivity index (χ3v) is 7.34. The normalized spacial score (nSPS) is 17.6. The van der Waals surface area contributed by atoms with Gasteiger partial charge in [0.15, 0.2) is 0 Å². The van der Waals surface area contributed by atoms with E-state index >= 15 is 0 Å². The summed E-state index contributed by atoms with van der Waals surface area (Å²) in [7, 11) is -0.138. The maximum atomic E-state index is 11.0. The Kier molecular flexibility index (Phi) is 5.75. The van der Waals surface area contributed by atoms with Gasteiger partial charge < -0.3 is 0 Å². The number of rotatable bonds is 3. The molecule has 0 spiro atoms.